The number of hydrogen-bond donors (Lipinski definition) is 1. The Morgan fingerprint density at radius 2 is 1.75 bits per heavy atom. The van der Waals surface area contributed by atoms with Gasteiger partial charge in [0.05, 0.1) is 5.69 Å². The molecule has 3 aromatic rings. The van der Waals surface area contributed by atoms with E-state index in [9.17, 15) is 4.79 Å². The smallest absolute Gasteiger partial charge is 0.267 e. The van der Waals surface area contributed by atoms with E-state index in [-0.39, 0.29) is 0 Å². The summed E-state index contributed by atoms with van der Waals surface area (Å²) in [5, 5.41) is 1.98. The molecule has 0 aliphatic heterocycles. The van der Waals surface area contributed by atoms with E-state index >= 15 is 0 Å². The first kappa shape index (κ1) is 12.4. The fourth-order valence-corrected chi connectivity index (χ4v) is 2.26. The van der Waals surface area contributed by atoms with E-state index in [1.165, 1.54) is 5.56 Å². The Kier molecular flexibility index (Phi) is 2.95. The minimum atomic E-state index is -0.510. The van der Waals surface area contributed by atoms with Crippen molar-refractivity contribution in [2.24, 2.45) is 5.73 Å². The minimum Gasteiger partial charge on any atom is -0.364 e. The number of rotatable bonds is 2. The molecule has 0 aliphatic rings. The summed E-state index contributed by atoms with van der Waals surface area (Å²) in [5.74, 6) is -0.510. The Bertz CT molecular complexity index is 792. The number of benzene rings is 2. The third kappa shape index (κ3) is 2.14. The van der Waals surface area contributed by atoms with Gasteiger partial charge in [-0.05, 0) is 18.4 Å². The maximum Gasteiger partial charge on any atom is 0.267 e. The lowest BCUT2D eigenvalue weighted by molar-refractivity contribution is 0.0996. The molecule has 20 heavy (non-hydrogen) atoms. The quantitative estimate of drug-likeness (QED) is 0.770. The predicted molar refractivity (Wildman–Crippen MR) is 80.4 cm³/mol. The summed E-state index contributed by atoms with van der Waals surface area (Å²) in [6.07, 6.45) is 0. The maximum absolute atomic E-state index is 11.4. The van der Waals surface area contributed by atoms with E-state index in [1.807, 2.05) is 55.5 Å². The van der Waals surface area contributed by atoms with Crippen molar-refractivity contribution in [3.63, 3.8) is 0 Å². The van der Waals surface area contributed by atoms with Crippen LogP contribution < -0.4 is 5.73 Å². The molecule has 3 rings (SSSR count). The van der Waals surface area contributed by atoms with Crippen molar-refractivity contribution < 1.29 is 4.79 Å². The van der Waals surface area contributed by atoms with Crippen LogP contribution in [0.1, 0.15) is 16.1 Å². The van der Waals surface area contributed by atoms with Crippen molar-refractivity contribution in [1.82, 2.24) is 4.98 Å². The van der Waals surface area contributed by atoms with Crippen LogP contribution in [-0.4, -0.2) is 10.9 Å². The number of aromatic nitrogens is 1. The van der Waals surface area contributed by atoms with Gasteiger partial charge in [0.1, 0.15) is 5.69 Å². The number of primary amides is 1. The first-order valence-electron chi connectivity index (χ1n) is 6.42. The van der Waals surface area contributed by atoms with Gasteiger partial charge in [-0.2, -0.15) is 0 Å². The van der Waals surface area contributed by atoms with Crippen molar-refractivity contribution in [3.8, 4) is 11.3 Å². The highest BCUT2D eigenvalue weighted by molar-refractivity contribution is 6.00. The highest BCUT2D eigenvalue weighted by atomic mass is 16.1. The Morgan fingerprint density at radius 3 is 2.45 bits per heavy atom. The average molecular weight is 262 g/mol. The van der Waals surface area contributed by atoms with Gasteiger partial charge in [0.25, 0.3) is 5.91 Å². The van der Waals surface area contributed by atoms with Crippen LogP contribution >= 0.6 is 0 Å². The molecule has 1 amide bonds. The van der Waals surface area contributed by atoms with Gasteiger partial charge in [0.15, 0.2) is 0 Å². The number of hydrogen-bond acceptors (Lipinski definition) is 2. The lowest BCUT2D eigenvalue weighted by atomic mass is 10.0. The van der Waals surface area contributed by atoms with Gasteiger partial charge >= 0.3 is 0 Å². The molecule has 2 aromatic carbocycles. The Balaban J connectivity index is 2.32. The number of carbonyl (C=O) groups excluding carboxylic acids is 1. The molecular weight excluding hydrogens is 248 g/mol. The number of pyridine rings is 1. The summed E-state index contributed by atoms with van der Waals surface area (Å²) >= 11 is 0. The zero-order valence-corrected chi connectivity index (χ0v) is 11.1. The molecule has 0 atom stereocenters. The Morgan fingerprint density at radius 1 is 1.05 bits per heavy atom. The lowest BCUT2D eigenvalue weighted by Gasteiger charge is -2.08. The second kappa shape index (κ2) is 4.78. The summed E-state index contributed by atoms with van der Waals surface area (Å²) in [6.45, 7) is 2.04. The fraction of sp³-hybridized carbons (Fsp3) is 0.0588. The van der Waals surface area contributed by atoms with Crippen LogP contribution in [-0.2, 0) is 0 Å². The Hall–Kier alpha value is -2.68. The highest BCUT2D eigenvalue weighted by Crippen LogP contribution is 2.27. The average Bonchev–Trinajstić information content (AvgIpc) is 2.47. The van der Waals surface area contributed by atoms with Gasteiger partial charge in [0, 0.05) is 10.9 Å². The van der Waals surface area contributed by atoms with E-state index in [1.54, 1.807) is 6.07 Å². The van der Waals surface area contributed by atoms with E-state index < -0.39 is 5.91 Å². The van der Waals surface area contributed by atoms with Gasteiger partial charge in [0.2, 0.25) is 0 Å². The molecule has 0 unspecified atom stereocenters. The third-order valence-corrected chi connectivity index (χ3v) is 3.32. The van der Waals surface area contributed by atoms with Crippen LogP contribution in [0.3, 0.4) is 0 Å². The zero-order chi connectivity index (χ0) is 14.1. The molecule has 0 spiro atoms. The van der Waals surface area contributed by atoms with Crippen LogP contribution in [0.15, 0.2) is 54.6 Å². The molecule has 0 bridgehead atoms. The summed E-state index contributed by atoms with van der Waals surface area (Å²) in [7, 11) is 0. The fourth-order valence-electron chi connectivity index (χ4n) is 2.26. The lowest BCUT2D eigenvalue weighted by Crippen LogP contribution is -2.13. The van der Waals surface area contributed by atoms with E-state index in [0.29, 0.717) is 5.69 Å². The summed E-state index contributed by atoms with van der Waals surface area (Å²) in [5.41, 5.74) is 8.62. The molecule has 0 radical (unpaired) electrons. The summed E-state index contributed by atoms with van der Waals surface area (Å²) in [4.78, 5) is 15.9. The van der Waals surface area contributed by atoms with Crippen molar-refractivity contribution in [3.05, 3.63) is 65.9 Å². The molecule has 1 aromatic heterocycles. The molecule has 98 valence electrons. The van der Waals surface area contributed by atoms with Crippen LogP contribution in [0.5, 0.6) is 0 Å². The van der Waals surface area contributed by atoms with Crippen LogP contribution in [0.4, 0.5) is 0 Å². The molecule has 3 nitrogen and oxygen atoms in total. The molecule has 2 N–H and O–H groups in total. The summed E-state index contributed by atoms with van der Waals surface area (Å²) < 4.78 is 0. The van der Waals surface area contributed by atoms with E-state index in [0.717, 1.165) is 22.0 Å². The van der Waals surface area contributed by atoms with Gasteiger partial charge in [-0.25, -0.2) is 4.98 Å². The molecule has 1 heterocycles. The molecule has 0 saturated heterocycles. The minimum absolute atomic E-state index is 0.291. The number of nitrogens with zero attached hydrogens (tertiary/aromatic N) is 1. The van der Waals surface area contributed by atoms with Crippen molar-refractivity contribution in [2.75, 3.05) is 0 Å². The number of nitrogens with two attached hydrogens (primary N) is 1. The number of carbonyl (C=O) groups is 1. The second-order valence-electron chi connectivity index (χ2n) is 4.81. The van der Waals surface area contributed by atoms with Crippen molar-refractivity contribution in [1.29, 1.82) is 0 Å². The predicted octanol–water partition coefficient (Wildman–Crippen LogP) is 3.31. The van der Waals surface area contributed by atoms with E-state index in [4.69, 9.17) is 5.73 Å². The first-order valence-corrected chi connectivity index (χ1v) is 6.42. The third-order valence-electron chi connectivity index (χ3n) is 3.32. The molecule has 0 aliphatic carbocycles. The van der Waals surface area contributed by atoms with Gasteiger partial charge in [-0.15, -0.1) is 0 Å². The van der Waals surface area contributed by atoms with Crippen molar-refractivity contribution in [2.45, 2.75) is 6.92 Å². The van der Waals surface area contributed by atoms with Crippen molar-refractivity contribution >= 4 is 16.7 Å². The highest BCUT2D eigenvalue weighted by Gasteiger charge is 2.10. The normalized spacial score (nSPS) is 10.7. The van der Waals surface area contributed by atoms with Crippen LogP contribution in [0.25, 0.3) is 22.0 Å². The SMILES string of the molecule is Cc1ccc(-c2nc(C(N)=O)cc3ccccc23)cc1. The monoisotopic (exact) mass is 262 g/mol. The molecular formula is C17H14N2O. The molecule has 0 fully saturated rings. The zero-order valence-electron chi connectivity index (χ0n) is 11.1. The summed E-state index contributed by atoms with van der Waals surface area (Å²) in [6, 6.07) is 17.7. The maximum atomic E-state index is 11.4. The number of amides is 1. The largest absolute Gasteiger partial charge is 0.364 e. The van der Waals surface area contributed by atoms with E-state index in [2.05, 4.69) is 4.98 Å². The van der Waals surface area contributed by atoms with Gasteiger partial charge < -0.3 is 5.73 Å². The van der Waals surface area contributed by atoms with Gasteiger partial charge in [-0.3, -0.25) is 4.79 Å². The number of fused-ring (bicyclic) bond motifs is 1. The van der Waals surface area contributed by atoms with Crippen LogP contribution in [0.2, 0.25) is 0 Å². The number of aryl methyl sites for hydroxylation is 1. The second-order valence-corrected chi connectivity index (χ2v) is 4.81. The first-order chi connectivity index (χ1) is 9.65. The van der Waals surface area contributed by atoms with Crippen LogP contribution in [0, 0.1) is 6.92 Å². The van der Waals surface area contributed by atoms with Gasteiger partial charge in [-0.1, -0.05) is 54.1 Å². The molecule has 3 heteroatoms. The Labute approximate surface area is 117 Å². The molecule has 0 saturated carbocycles. The standard InChI is InChI=1S/C17H14N2O/c1-11-6-8-12(9-7-11)16-14-5-3-2-4-13(14)10-15(19-16)17(18)20/h2-10H,1H3,(H2,18,20). The topological polar surface area (TPSA) is 56.0 Å².